The summed E-state index contributed by atoms with van der Waals surface area (Å²) in [5, 5.41) is 9.39. The SMILES string of the molecule is c1ccc2c(NCCC3CCNCC3)nccc2c1. The zero-order chi connectivity index (χ0) is 12.9. The third-order valence-electron chi connectivity index (χ3n) is 3.98. The third kappa shape index (κ3) is 3.04. The normalized spacial score (nSPS) is 16.6. The van der Waals surface area contributed by atoms with E-state index in [1.54, 1.807) is 0 Å². The molecule has 0 spiro atoms. The average molecular weight is 255 g/mol. The van der Waals surface area contributed by atoms with E-state index in [9.17, 15) is 0 Å². The average Bonchev–Trinajstić information content (AvgIpc) is 2.49. The van der Waals surface area contributed by atoms with Crippen molar-refractivity contribution in [2.45, 2.75) is 19.3 Å². The van der Waals surface area contributed by atoms with Gasteiger partial charge in [-0.25, -0.2) is 4.98 Å². The molecule has 0 saturated carbocycles. The lowest BCUT2D eigenvalue weighted by Gasteiger charge is -2.22. The molecule has 0 unspecified atom stereocenters. The number of benzene rings is 1. The highest BCUT2D eigenvalue weighted by Crippen LogP contribution is 2.21. The van der Waals surface area contributed by atoms with E-state index in [-0.39, 0.29) is 0 Å². The summed E-state index contributed by atoms with van der Waals surface area (Å²) < 4.78 is 0. The molecule has 0 radical (unpaired) electrons. The number of anilines is 1. The number of pyridine rings is 1. The van der Waals surface area contributed by atoms with Gasteiger partial charge in [-0.15, -0.1) is 0 Å². The Morgan fingerprint density at radius 3 is 2.89 bits per heavy atom. The topological polar surface area (TPSA) is 37.0 Å². The van der Waals surface area contributed by atoms with Crippen LogP contribution in [0.15, 0.2) is 36.5 Å². The first-order chi connectivity index (χ1) is 9.43. The highest BCUT2D eigenvalue weighted by atomic mass is 15.0. The molecule has 2 N–H and O–H groups in total. The van der Waals surface area contributed by atoms with Crippen LogP contribution in [0.5, 0.6) is 0 Å². The van der Waals surface area contributed by atoms with E-state index in [1.165, 1.54) is 43.1 Å². The van der Waals surface area contributed by atoms with E-state index in [0.29, 0.717) is 0 Å². The van der Waals surface area contributed by atoms with Crippen molar-refractivity contribution in [2.75, 3.05) is 25.0 Å². The smallest absolute Gasteiger partial charge is 0.133 e. The molecule has 2 heterocycles. The zero-order valence-electron chi connectivity index (χ0n) is 11.2. The fraction of sp³-hybridized carbons (Fsp3) is 0.438. The Labute approximate surface area is 114 Å². The largest absolute Gasteiger partial charge is 0.370 e. The van der Waals surface area contributed by atoms with Crippen molar-refractivity contribution in [2.24, 2.45) is 5.92 Å². The van der Waals surface area contributed by atoms with Gasteiger partial charge >= 0.3 is 0 Å². The van der Waals surface area contributed by atoms with Crippen molar-refractivity contribution >= 4 is 16.6 Å². The highest BCUT2D eigenvalue weighted by Gasteiger charge is 2.12. The number of piperidine rings is 1. The molecule has 1 aliphatic heterocycles. The van der Waals surface area contributed by atoms with Crippen molar-refractivity contribution in [3.63, 3.8) is 0 Å². The van der Waals surface area contributed by atoms with Gasteiger partial charge in [0.2, 0.25) is 0 Å². The molecule has 1 saturated heterocycles. The minimum Gasteiger partial charge on any atom is -0.370 e. The highest BCUT2D eigenvalue weighted by molar-refractivity contribution is 5.91. The fourth-order valence-electron chi connectivity index (χ4n) is 2.83. The van der Waals surface area contributed by atoms with Crippen LogP contribution < -0.4 is 10.6 Å². The Morgan fingerprint density at radius 2 is 2.00 bits per heavy atom. The maximum absolute atomic E-state index is 4.47. The van der Waals surface area contributed by atoms with E-state index in [0.717, 1.165) is 18.3 Å². The van der Waals surface area contributed by atoms with E-state index < -0.39 is 0 Å². The first-order valence-corrected chi connectivity index (χ1v) is 7.22. The number of nitrogens with one attached hydrogen (secondary N) is 2. The molecule has 1 aromatic heterocycles. The molecule has 3 rings (SSSR count). The monoisotopic (exact) mass is 255 g/mol. The lowest BCUT2D eigenvalue weighted by molar-refractivity contribution is 0.361. The van der Waals surface area contributed by atoms with E-state index in [2.05, 4.69) is 45.9 Å². The van der Waals surface area contributed by atoms with Gasteiger partial charge < -0.3 is 10.6 Å². The lowest BCUT2D eigenvalue weighted by atomic mass is 9.95. The summed E-state index contributed by atoms with van der Waals surface area (Å²) >= 11 is 0. The maximum Gasteiger partial charge on any atom is 0.133 e. The molecule has 0 bridgehead atoms. The molecule has 0 atom stereocenters. The number of rotatable bonds is 4. The van der Waals surface area contributed by atoms with Gasteiger partial charge in [0, 0.05) is 18.1 Å². The predicted octanol–water partition coefficient (Wildman–Crippen LogP) is 3.04. The van der Waals surface area contributed by atoms with E-state index in [1.807, 2.05) is 6.20 Å². The van der Waals surface area contributed by atoms with Crippen LogP contribution in [-0.2, 0) is 0 Å². The summed E-state index contributed by atoms with van der Waals surface area (Å²) in [7, 11) is 0. The van der Waals surface area contributed by atoms with E-state index >= 15 is 0 Å². The maximum atomic E-state index is 4.47. The zero-order valence-corrected chi connectivity index (χ0v) is 11.2. The van der Waals surface area contributed by atoms with Gasteiger partial charge in [-0.3, -0.25) is 0 Å². The second-order valence-corrected chi connectivity index (χ2v) is 5.29. The summed E-state index contributed by atoms with van der Waals surface area (Å²) in [5.41, 5.74) is 0. The van der Waals surface area contributed by atoms with Crippen LogP contribution in [0.25, 0.3) is 10.8 Å². The second-order valence-electron chi connectivity index (χ2n) is 5.29. The van der Waals surface area contributed by atoms with Gasteiger partial charge in [0.05, 0.1) is 0 Å². The number of hydrogen-bond donors (Lipinski definition) is 2. The lowest BCUT2D eigenvalue weighted by Crippen LogP contribution is -2.28. The van der Waals surface area contributed by atoms with Crippen LogP contribution in [0.3, 0.4) is 0 Å². The van der Waals surface area contributed by atoms with Gasteiger partial charge in [-0.05, 0) is 49.7 Å². The second kappa shape index (κ2) is 6.02. The Morgan fingerprint density at radius 1 is 1.16 bits per heavy atom. The Hall–Kier alpha value is -1.61. The molecule has 3 heteroatoms. The number of fused-ring (bicyclic) bond motifs is 1. The molecule has 19 heavy (non-hydrogen) atoms. The van der Waals surface area contributed by atoms with E-state index in [4.69, 9.17) is 0 Å². The van der Waals surface area contributed by atoms with Crippen LogP contribution in [0.4, 0.5) is 5.82 Å². The van der Waals surface area contributed by atoms with Crippen LogP contribution in [0, 0.1) is 5.92 Å². The molecule has 0 amide bonds. The molecular formula is C16H21N3. The van der Waals surface area contributed by atoms with Crippen LogP contribution in [0.2, 0.25) is 0 Å². The summed E-state index contributed by atoms with van der Waals surface area (Å²) in [4.78, 5) is 4.47. The number of nitrogens with zero attached hydrogens (tertiary/aromatic N) is 1. The van der Waals surface area contributed by atoms with Gasteiger partial charge in [-0.2, -0.15) is 0 Å². The molecule has 3 nitrogen and oxygen atoms in total. The van der Waals surface area contributed by atoms with Crippen molar-refractivity contribution < 1.29 is 0 Å². The Kier molecular flexibility index (Phi) is 3.94. The fourth-order valence-corrected chi connectivity index (χ4v) is 2.83. The van der Waals surface area contributed by atoms with Crippen molar-refractivity contribution in [1.29, 1.82) is 0 Å². The summed E-state index contributed by atoms with van der Waals surface area (Å²) in [5.74, 6) is 1.88. The summed E-state index contributed by atoms with van der Waals surface area (Å²) in [6.07, 6.45) is 5.75. The predicted molar refractivity (Wildman–Crippen MR) is 80.4 cm³/mol. The first kappa shape index (κ1) is 12.4. The first-order valence-electron chi connectivity index (χ1n) is 7.22. The molecule has 100 valence electrons. The minimum atomic E-state index is 0.865. The van der Waals surface area contributed by atoms with Gasteiger partial charge in [0.15, 0.2) is 0 Å². The summed E-state index contributed by atoms with van der Waals surface area (Å²) in [6, 6.07) is 10.5. The molecule has 0 aliphatic carbocycles. The van der Waals surface area contributed by atoms with Crippen LogP contribution in [0.1, 0.15) is 19.3 Å². The summed E-state index contributed by atoms with van der Waals surface area (Å²) in [6.45, 7) is 3.38. The standard InChI is InChI=1S/C16H21N3/c1-2-4-15-14(3-1)8-12-19-16(15)18-11-7-13-5-9-17-10-6-13/h1-4,8,12-13,17H,5-7,9-11H2,(H,18,19). The molecular weight excluding hydrogens is 234 g/mol. The Bertz CT molecular complexity index is 527. The van der Waals surface area contributed by atoms with Crippen molar-refractivity contribution in [1.82, 2.24) is 10.3 Å². The van der Waals surface area contributed by atoms with Crippen LogP contribution >= 0.6 is 0 Å². The van der Waals surface area contributed by atoms with Crippen molar-refractivity contribution in [3.8, 4) is 0 Å². The minimum absolute atomic E-state index is 0.865. The number of hydrogen-bond acceptors (Lipinski definition) is 3. The van der Waals surface area contributed by atoms with Crippen molar-refractivity contribution in [3.05, 3.63) is 36.5 Å². The third-order valence-corrected chi connectivity index (χ3v) is 3.98. The molecule has 1 aliphatic rings. The van der Waals surface area contributed by atoms with Gasteiger partial charge in [0.1, 0.15) is 5.82 Å². The Balaban J connectivity index is 1.62. The molecule has 1 fully saturated rings. The quantitative estimate of drug-likeness (QED) is 0.881. The molecule has 2 aromatic rings. The van der Waals surface area contributed by atoms with Crippen LogP contribution in [-0.4, -0.2) is 24.6 Å². The van der Waals surface area contributed by atoms with Gasteiger partial charge in [0.25, 0.3) is 0 Å². The number of aromatic nitrogens is 1. The molecule has 1 aromatic carbocycles. The van der Waals surface area contributed by atoms with Gasteiger partial charge in [-0.1, -0.05) is 24.3 Å².